The van der Waals surface area contributed by atoms with Crippen LogP contribution in [0.3, 0.4) is 0 Å². The van der Waals surface area contributed by atoms with Gasteiger partial charge in [0.2, 0.25) is 0 Å². The number of aromatic nitrogens is 1. The van der Waals surface area contributed by atoms with E-state index in [1.54, 1.807) is 17.5 Å². The van der Waals surface area contributed by atoms with Crippen LogP contribution >= 0.6 is 11.3 Å². The number of fused-ring (bicyclic) bond motifs is 1. The van der Waals surface area contributed by atoms with Crippen molar-refractivity contribution < 1.29 is 5.11 Å². The summed E-state index contributed by atoms with van der Waals surface area (Å²) in [7, 11) is 0. The average molecular weight is 393 g/mol. The summed E-state index contributed by atoms with van der Waals surface area (Å²) in [6, 6.07) is 18.8. The van der Waals surface area contributed by atoms with Gasteiger partial charge in [0.15, 0.2) is 0 Å². The molecular weight excluding hydrogens is 364 g/mol. The van der Waals surface area contributed by atoms with Gasteiger partial charge in [-0.05, 0) is 74.4 Å². The number of thiophene rings is 1. The number of rotatable bonds is 7. The third kappa shape index (κ3) is 4.52. The van der Waals surface area contributed by atoms with Gasteiger partial charge in [0.1, 0.15) is 6.10 Å². The average Bonchev–Trinajstić information content (AvgIpc) is 3.33. The van der Waals surface area contributed by atoms with E-state index in [1.807, 2.05) is 30.3 Å². The molecule has 0 amide bonds. The van der Waals surface area contributed by atoms with Crippen LogP contribution in [0, 0.1) is 5.92 Å². The topological polar surface area (TPSA) is 45.1 Å². The predicted octanol–water partition coefficient (Wildman–Crippen LogP) is 5.02. The van der Waals surface area contributed by atoms with Crippen molar-refractivity contribution in [1.82, 2.24) is 10.3 Å². The van der Waals surface area contributed by atoms with Crippen LogP contribution in [0.5, 0.6) is 0 Å². The second-order valence-electron chi connectivity index (χ2n) is 8.44. The molecule has 0 aliphatic heterocycles. The number of hydrogen-bond donors (Lipinski definition) is 2. The largest absolute Gasteiger partial charge is 0.386 e. The highest BCUT2D eigenvalue weighted by Gasteiger charge is 2.28. The van der Waals surface area contributed by atoms with Crippen LogP contribution < -0.4 is 5.32 Å². The molecule has 0 saturated heterocycles. The maximum absolute atomic E-state index is 10.7. The Morgan fingerprint density at radius 1 is 1.07 bits per heavy atom. The lowest BCUT2D eigenvalue weighted by Gasteiger charge is -2.30. The van der Waals surface area contributed by atoms with E-state index in [1.165, 1.54) is 24.0 Å². The highest BCUT2D eigenvalue weighted by molar-refractivity contribution is 7.15. The number of hydrogen-bond acceptors (Lipinski definition) is 4. The molecule has 4 heteroatoms. The minimum absolute atomic E-state index is 0.00519. The van der Waals surface area contributed by atoms with Crippen molar-refractivity contribution in [1.29, 1.82) is 0 Å². The number of aliphatic hydroxyl groups is 1. The zero-order valence-corrected chi connectivity index (χ0v) is 17.4. The second-order valence-corrected chi connectivity index (χ2v) is 9.56. The highest BCUT2D eigenvalue weighted by atomic mass is 32.1. The third-order valence-corrected chi connectivity index (χ3v) is 6.79. The molecule has 146 valence electrons. The first kappa shape index (κ1) is 19.3. The lowest BCUT2D eigenvalue weighted by molar-refractivity contribution is 0.158. The van der Waals surface area contributed by atoms with Crippen LogP contribution in [0.15, 0.2) is 60.8 Å². The maximum atomic E-state index is 10.7. The van der Waals surface area contributed by atoms with Crippen LogP contribution in [0.25, 0.3) is 10.6 Å². The molecule has 0 saturated carbocycles. The molecule has 2 aromatic heterocycles. The van der Waals surface area contributed by atoms with E-state index >= 15 is 0 Å². The summed E-state index contributed by atoms with van der Waals surface area (Å²) in [4.78, 5) is 6.47. The number of pyridine rings is 1. The number of aliphatic hydroxyl groups excluding tert-OH is 1. The molecule has 2 N–H and O–H groups in total. The van der Waals surface area contributed by atoms with Crippen LogP contribution in [0.1, 0.15) is 42.4 Å². The molecule has 2 heterocycles. The quantitative estimate of drug-likeness (QED) is 0.594. The van der Waals surface area contributed by atoms with Gasteiger partial charge in [0.25, 0.3) is 0 Å². The summed E-state index contributed by atoms with van der Waals surface area (Å²) in [5, 5.41) is 14.3. The van der Waals surface area contributed by atoms with E-state index in [0.717, 1.165) is 21.9 Å². The summed E-state index contributed by atoms with van der Waals surface area (Å²) >= 11 is 1.62. The number of nitrogens with one attached hydrogen (secondary N) is 1. The Morgan fingerprint density at radius 3 is 2.46 bits per heavy atom. The van der Waals surface area contributed by atoms with Crippen molar-refractivity contribution in [3.63, 3.8) is 0 Å². The molecule has 4 rings (SSSR count). The molecule has 1 unspecified atom stereocenters. The van der Waals surface area contributed by atoms with Gasteiger partial charge in [-0.1, -0.05) is 30.3 Å². The summed E-state index contributed by atoms with van der Waals surface area (Å²) in [5.41, 5.74) is 3.96. The van der Waals surface area contributed by atoms with E-state index in [0.29, 0.717) is 12.5 Å². The third-order valence-electron chi connectivity index (χ3n) is 5.58. The molecule has 3 nitrogen and oxygen atoms in total. The molecule has 1 atom stereocenters. The summed E-state index contributed by atoms with van der Waals surface area (Å²) < 4.78 is 0. The Bertz CT molecular complexity index is 894. The van der Waals surface area contributed by atoms with Crippen molar-refractivity contribution in [2.24, 2.45) is 5.92 Å². The zero-order valence-electron chi connectivity index (χ0n) is 16.6. The monoisotopic (exact) mass is 392 g/mol. The molecule has 0 radical (unpaired) electrons. The van der Waals surface area contributed by atoms with E-state index in [-0.39, 0.29) is 5.54 Å². The fourth-order valence-electron chi connectivity index (χ4n) is 4.24. The minimum Gasteiger partial charge on any atom is -0.386 e. The SMILES string of the molecule is CC(C)(CC1Cc2ccccc2C1)NCC(O)c1ccc(-c2ccccn2)s1. The van der Waals surface area contributed by atoms with Crippen molar-refractivity contribution in [3.8, 4) is 10.6 Å². The van der Waals surface area contributed by atoms with Gasteiger partial charge in [-0.25, -0.2) is 0 Å². The molecule has 1 aliphatic rings. The highest BCUT2D eigenvalue weighted by Crippen LogP contribution is 2.33. The summed E-state index contributed by atoms with van der Waals surface area (Å²) in [6.45, 7) is 5.06. The van der Waals surface area contributed by atoms with Gasteiger partial charge in [-0.3, -0.25) is 4.98 Å². The molecule has 1 aliphatic carbocycles. The minimum atomic E-state index is -0.498. The molecule has 3 aromatic rings. The van der Waals surface area contributed by atoms with E-state index in [4.69, 9.17) is 0 Å². The van der Waals surface area contributed by atoms with Gasteiger partial charge in [-0.2, -0.15) is 0 Å². The molecule has 28 heavy (non-hydrogen) atoms. The Kier molecular flexibility index (Phi) is 5.63. The Balaban J connectivity index is 1.32. The van der Waals surface area contributed by atoms with E-state index in [2.05, 4.69) is 48.4 Å². The fraction of sp³-hybridized carbons (Fsp3) is 0.375. The van der Waals surface area contributed by atoms with Crippen LogP contribution in [-0.2, 0) is 12.8 Å². The molecule has 0 spiro atoms. The zero-order chi connectivity index (χ0) is 19.6. The van der Waals surface area contributed by atoms with Crippen molar-refractivity contribution in [2.75, 3.05) is 6.54 Å². The van der Waals surface area contributed by atoms with Crippen molar-refractivity contribution in [3.05, 3.63) is 76.8 Å². The lowest BCUT2D eigenvalue weighted by Crippen LogP contribution is -2.43. The maximum Gasteiger partial charge on any atom is 0.101 e. The Hall–Kier alpha value is -2.01. The summed E-state index contributed by atoms with van der Waals surface area (Å²) in [6.07, 6.45) is 4.75. The van der Waals surface area contributed by atoms with Gasteiger partial charge in [0.05, 0.1) is 10.6 Å². The van der Waals surface area contributed by atoms with Gasteiger partial charge in [0, 0.05) is 23.2 Å². The Labute approximate surface area is 171 Å². The second kappa shape index (κ2) is 8.16. The smallest absolute Gasteiger partial charge is 0.101 e. The lowest BCUT2D eigenvalue weighted by atomic mass is 9.88. The first-order chi connectivity index (χ1) is 13.5. The molecular formula is C24H28N2OS. The normalized spacial score (nSPS) is 15.5. The number of nitrogens with zero attached hydrogens (tertiary/aromatic N) is 1. The molecule has 0 fully saturated rings. The standard InChI is InChI=1S/C24H28N2OS/c1-24(2,15-17-13-18-7-3-4-8-19(18)14-17)26-16-21(27)23-11-10-22(28-23)20-9-5-6-12-25-20/h3-12,17,21,26-27H,13-16H2,1-2H3. The Morgan fingerprint density at radius 2 is 1.79 bits per heavy atom. The van der Waals surface area contributed by atoms with E-state index < -0.39 is 6.10 Å². The van der Waals surface area contributed by atoms with Gasteiger partial charge in [-0.15, -0.1) is 11.3 Å². The molecule has 0 bridgehead atoms. The van der Waals surface area contributed by atoms with Crippen molar-refractivity contribution >= 4 is 11.3 Å². The summed E-state index contributed by atoms with van der Waals surface area (Å²) in [5.74, 6) is 0.675. The number of β-amino-alcohol motifs (C(OH)–C–C–N with tert-alkyl or cyclic N) is 1. The van der Waals surface area contributed by atoms with Crippen LogP contribution in [0.4, 0.5) is 0 Å². The fourth-order valence-corrected chi connectivity index (χ4v) is 5.21. The first-order valence-corrected chi connectivity index (χ1v) is 10.8. The predicted molar refractivity (Wildman–Crippen MR) is 117 cm³/mol. The van der Waals surface area contributed by atoms with Crippen LogP contribution in [0.2, 0.25) is 0 Å². The van der Waals surface area contributed by atoms with Gasteiger partial charge < -0.3 is 10.4 Å². The van der Waals surface area contributed by atoms with Crippen LogP contribution in [-0.4, -0.2) is 22.2 Å². The van der Waals surface area contributed by atoms with Gasteiger partial charge >= 0.3 is 0 Å². The van der Waals surface area contributed by atoms with Crippen molar-refractivity contribution in [2.45, 2.75) is 44.8 Å². The molecule has 1 aromatic carbocycles. The first-order valence-electron chi connectivity index (χ1n) is 10.0. The van der Waals surface area contributed by atoms with E-state index in [9.17, 15) is 5.11 Å². The number of benzene rings is 1.